The van der Waals surface area contributed by atoms with E-state index in [9.17, 15) is 24.6 Å². The van der Waals surface area contributed by atoms with Crippen LogP contribution in [0.4, 0.5) is 4.79 Å². The molecule has 0 fully saturated rings. The van der Waals surface area contributed by atoms with Crippen LogP contribution in [0.15, 0.2) is 30.3 Å². The fourth-order valence-corrected chi connectivity index (χ4v) is 4.84. The second-order valence-electron chi connectivity index (χ2n) is 6.64. The average Bonchev–Trinajstić information content (AvgIpc) is 2.67. The van der Waals surface area contributed by atoms with Crippen molar-refractivity contribution < 1.29 is 29.3 Å². The molecule has 0 saturated heterocycles. The summed E-state index contributed by atoms with van der Waals surface area (Å²) in [6.07, 6.45) is -0.242. The molecule has 1 aromatic carbocycles. The van der Waals surface area contributed by atoms with Gasteiger partial charge in [0.05, 0.1) is 0 Å². The molecule has 9 heteroatoms. The summed E-state index contributed by atoms with van der Waals surface area (Å²) in [5.74, 6) is -0.506. The van der Waals surface area contributed by atoms with Gasteiger partial charge in [0.1, 0.15) is 0 Å². The molecular weight excluding hydrogens is 474 g/mol. The minimum atomic E-state index is -1.39. The first kappa shape index (κ1) is 24.4. The molecule has 2 amide bonds. The van der Waals surface area contributed by atoms with Crippen molar-refractivity contribution >= 4 is 38.0 Å². The molecule has 4 N–H and O–H groups in total. The van der Waals surface area contributed by atoms with Gasteiger partial charge in [0.2, 0.25) is 0 Å². The zero-order valence-electron chi connectivity index (χ0n) is 16.3. The zero-order valence-corrected chi connectivity index (χ0v) is 18.8. The number of carbonyl (C=O) groups excluding carboxylic acids is 3. The summed E-state index contributed by atoms with van der Waals surface area (Å²) < 4.78 is 5.66. The third-order valence-electron chi connectivity index (χ3n) is 3.83. The van der Waals surface area contributed by atoms with Gasteiger partial charge in [-0.05, 0) is 5.56 Å². The van der Waals surface area contributed by atoms with Crippen LogP contribution in [-0.2, 0) is 20.9 Å². The van der Waals surface area contributed by atoms with Gasteiger partial charge in [-0.15, -0.1) is 0 Å². The Morgan fingerprint density at radius 1 is 1.07 bits per heavy atom. The number of aliphatic hydroxyl groups excluding tert-OH is 2. The van der Waals surface area contributed by atoms with E-state index in [1.807, 2.05) is 18.2 Å². The molecule has 0 aliphatic rings. The van der Waals surface area contributed by atoms with E-state index in [-0.39, 0.29) is 25.4 Å². The molecule has 0 spiro atoms. The van der Waals surface area contributed by atoms with Gasteiger partial charge >= 0.3 is 137 Å². The molecule has 0 aliphatic heterocycles. The molecule has 2 unspecified atom stereocenters. The smallest absolute Gasteiger partial charge is 0.0622 e. The van der Waals surface area contributed by atoms with E-state index >= 15 is 0 Å². The zero-order chi connectivity index (χ0) is 20.9. The topological polar surface area (TPSA) is 125 Å². The van der Waals surface area contributed by atoms with Gasteiger partial charge in [-0.2, -0.15) is 0 Å². The van der Waals surface area contributed by atoms with E-state index in [1.54, 1.807) is 12.1 Å². The van der Waals surface area contributed by atoms with E-state index in [4.69, 9.17) is 4.74 Å². The fraction of sp³-hybridized carbons (Fsp3) is 0.526. The molecule has 0 heterocycles. The number of rotatable bonds is 12. The third-order valence-corrected chi connectivity index (χ3v) is 6.65. The molecule has 1 rings (SSSR count). The summed E-state index contributed by atoms with van der Waals surface area (Å²) >= 11 is -1.39. The normalized spacial score (nSPS) is 12.9. The number of benzene rings is 1. The first-order valence-electron chi connectivity index (χ1n) is 9.01. The Balaban J connectivity index is 2.44. The molecule has 0 aromatic heterocycles. The van der Waals surface area contributed by atoms with Crippen LogP contribution in [0.3, 0.4) is 0 Å². The van der Waals surface area contributed by atoms with Gasteiger partial charge in [-0.1, -0.05) is 30.3 Å². The van der Waals surface area contributed by atoms with Crippen LogP contribution in [0, 0.1) is 0 Å². The number of hydrogen-bond donors (Lipinski definition) is 4. The summed E-state index contributed by atoms with van der Waals surface area (Å²) in [4.78, 5) is 40.2. The van der Waals surface area contributed by atoms with E-state index in [2.05, 4.69) is 20.4 Å². The van der Waals surface area contributed by atoms with Crippen LogP contribution >= 0.6 is 0 Å². The van der Waals surface area contributed by atoms with E-state index in [1.165, 1.54) is 0 Å². The number of nitrogens with one attached hydrogen (secondary N) is 2. The van der Waals surface area contributed by atoms with E-state index in [0.29, 0.717) is 10.8 Å². The average molecular weight is 503 g/mol. The van der Waals surface area contributed by atoms with E-state index in [0.717, 1.165) is 5.56 Å². The Kier molecular flexibility index (Phi) is 11.8. The van der Waals surface area contributed by atoms with Gasteiger partial charge in [-0.25, -0.2) is 0 Å². The molecule has 0 saturated carbocycles. The SMILES string of the molecule is [CH3][Sb]([CH3])[CH2]C(=O)CCC(CO)NC(=O)C(CO)NC(=O)OCc1ccccc1. The fourth-order valence-electron chi connectivity index (χ4n) is 2.38. The summed E-state index contributed by atoms with van der Waals surface area (Å²) in [7, 11) is 0. The van der Waals surface area contributed by atoms with Crippen molar-refractivity contribution in [1.82, 2.24) is 10.6 Å². The van der Waals surface area contributed by atoms with Gasteiger partial charge in [0, 0.05) is 0 Å². The van der Waals surface area contributed by atoms with Crippen molar-refractivity contribution in [2.24, 2.45) is 0 Å². The van der Waals surface area contributed by atoms with Crippen molar-refractivity contribution in [1.29, 1.82) is 0 Å². The van der Waals surface area contributed by atoms with Gasteiger partial charge < -0.3 is 0 Å². The Morgan fingerprint density at radius 2 is 1.75 bits per heavy atom. The number of carbonyl (C=O) groups is 3. The van der Waals surface area contributed by atoms with Gasteiger partial charge in [0.15, 0.2) is 0 Å². The maximum absolute atomic E-state index is 12.2. The predicted molar refractivity (Wildman–Crippen MR) is 106 cm³/mol. The number of Topliss-reactive ketones (excluding diaryl/α,β-unsaturated/α-hetero) is 1. The Hall–Kier alpha value is -1.63. The summed E-state index contributed by atoms with van der Waals surface area (Å²) in [5, 5.41) is 23.7. The van der Waals surface area contributed by atoms with Crippen molar-refractivity contribution in [3.63, 3.8) is 0 Å². The Morgan fingerprint density at radius 3 is 2.32 bits per heavy atom. The monoisotopic (exact) mass is 502 g/mol. The standard InChI is InChI=1S/C17H23N2O6.2CH3.Sb/c1-12(22)7-8-14(9-20)18-16(23)15(10-21)19-17(24)25-11-13-5-3-2-4-6-13;;;/h2-6,14-15,20-21H,1,7-11H2,(H,18,23)(H,19,24);2*1H3;. The molecule has 1 aromatic rings. The van der Waals surface area contributed by atoms with Crippen LogP contribution in [0.25, 0.3) is 0 Å². The minimum Gasteiger partial charge on any atom is -0.0622 e. The Labute approximate surface area is 172 Å². The van der Waals surface area contributed by atoms with Crippen molar-refractivity contribution in [3.05, 3.63) is 35.9 Å². The van der Waals surface area contributed by atoms with E-state index < -0.39 is 50.9 Å². The van der Waals surface area contributed by atoms with Crippen LogP contribution in [0.5, 0.6) is 0 Å². The minimum absolute atomic E-state index is 0.0358. The Bertz CT molecular complexity index is 626. The van der Waals surface area contributed by atoms with Gasteiger partial charge in [-0.3, -0.25) is 0 Å². The van der Waals surface area contributed by atoms with Crippen molar-refractivity contribution in [2.75, 3.05) is 13.2 Å². The molecule has 2 atom stereocenters. The van der Waals surface area contributed by atoms with Crippen LogP contribution in [0.2, 0.25) is 14.1 Å². The van der Waals surface area contributed by atoms with Crippen LogP contribution < -0.4 is 10.6 Å². The molecular formula is C19H29N2O6Sb. The molecule has 8 nitrogen and oxygen atoms in total. The number of ether oxygens (including phenoxy) is 1. The molecule has 0 radical (unpaired) electrons. The first-order valence-corrected chi connectivity index (χ1v) is 15.9. The second kappa shape index (κ2) is 13.5. The number of aliphatic hydroxyl groups is 2. The van der Waals surface area contributed by atoms with Crippen molar-refractivity contribution in [3.8, 4) is 0 Å². The predicted octanol–water partition coefficient (Wildman–Crippen LogP) is 0.855. The number of alkyl carbamates (subject to hydrolysis) is 1. The summed E-state index contributed by atoms with van der Waals surface area (Å²) in [5.41, 5.74) is 0.790. The number of hydrogen-bond acceptors (Lipinski definition) is 6. The third kappa shape index (κ3) is 10.1. The molecule has 28 heavy (non-hydrogen) atoms. The number of ketones is 1. The quantitative estimate of drug-likeness (QED) is 0.314. The summed E-state index contributed by atoms with van der Waals surface area (Å²) in [6.45, 7) is -0.920. The maximum atomic E-state index is 12.2. The molecule has 0 aliphatic carbocycles. The molecule has 156 valence electrons. The summed E-state index contributed by atoms with van der Waals surface area (Å²) in [6, 6.07) is 7.21. The van der Waals surface area contributed by atoms with Crippen molar-refractivity contribution in [2.45, 2.75) is 45.6 Å². The van der Waals surface area contributed by atoms with Crippen LogP contribution in [-0.4, -0.2) is 73.5 Å². The molecule has 0 bridgehead atoms. The van der Waals surface area contributed by atoms with Gasteiger partial charge in [0.25, 0.3) is 0 Å². The second-order valence-corrected chi connectivity index (χ2v) is 13.7. The van der Waals surface area contributed by atoms with Crippen LogP contribution in [0.1, 0.15) is 18.4 Å². The number of amides is 2. The first-order chi connectivity index (χ1) is 13.3.